The van der Waals surface area contributed by atoms with Gasteiger partial charge in [-0.15, -0.1) is 0 Å². The Kier molecular flexibility index (Phi) is 2.86. The number of aryl methyl sites for hydroxylation is 1. The van der Waals surface area contributed by atoms with E-state index < -0.39 is 5.54 Å². The lowest BCUT2D eigenvalue weighted by molar-refractivity contribution is 0.0892. The molecule has 0 unspecified atom stereocenters. The van der Waals surface area contributed by atoms with Crippen LogP contribution in [0.25, 0.3) is 10.9 Å². The van der Waals surface area contributed by atoms with Gasteiger partial charge in [-0.2, -0.15) is 0 Å². The average molecular weight is 254 g/mol. The molecule has 0 saturated heterocycles. The molecule has 2 aromatic rings. The highest BCUT2D eigenvalue weighted by Gasteiger charge is 2.37. The van der Waals surface area contributed by atoms with Gasteiger partial charge in [0.2, 0.25) is 0 Å². The Labute approximate surface area is 112 Å². The van der Waals surface area contributed by atoms with Gasteiger partial charge in [0, 0.05) is 16.6 Å². The molecule has 0 aliphatic heterocycles. The Hall–Kier alpha value is -1.74. The number of ketones is 1. The predicted octanol–water partition coefficient (Wildman–Crippen LogP) is 3.00. The highest BCUT2D eigenvalue weighted by atomic mass is 16.1. The van der Waals surface area contributed by atoms with Crippen molar-refractivity contribution in [3.8, 4) is 0 Å². The van der Waals surface area contributed by atoms with Gasteiger partial charge in [-0.25, -0.2) is 0 Å². The lowest BCUT2D eigenvalue weighted by Crippen LogP contribution is -2.45. The number of pyridine rings is 1. The van der Waals surface area contributed by atoms with E-state index in [2.05, 4.69) is 4.98 Å². The summed E-state index contributed by atoms with van der Waals surface area (Å²) in [6.45, 7) is 1.96. The molecule has 0 amide bonds. The fraction of sp³-hybridized carbons (Fsp3) is 0.375. The highest BCUT2D eigenvalue weighted by molar-refractivity contribution is 6.05. The van der Waals surface area contributed by atoms with Crippen molar-refractivity contribution in [1.29, 1.82) is 0 Å². The topological polar surface area (TPSA) is 56.0 Å². The van der Waals surface area contributed by atoms with E-state index in [1.807, 2.05) is 37.3 Å². The first-order chi connectivity index (χ1) is 9.08. The average Bonchev–Trinajstić information content (AvgIpc) is 2.85. The summed E-state index contributed by atoms with van der Waals surface area (Å²) in [6, 6.07) is 9.64. The molecule has 1 aliphatic carbocycles. The molecule has 1 aromatic carbocycles. The van der Waals surface area contributed by atoms with Crippen molar-refractivity contribution >= 4 is 16.7 Å². The molecular weight excluding hydrogens is 236 g/mol. The Morgan fingerprint density at radius 3 is 2.68 bits per heavy atom. The number of carbonyl (C=O) groups is 1. The number of benzene rings is 1. The molecule has 1 fully saturated rings. The summed E-state index contributed by atoms with van der Waals surface area (Å²) in [6.07, 6.45) is 3.71. The lowest BCUT2D eigenvalue weighted by Gasteiger charge is -2.21. The van der Waals surface area contributed by atoms with Crippen molar-refractivity contribution in [2.75, 3.05) is 0 Å². The zero-order chi connectivity index (χ0) is 13.5. The zero-order valence-electron chi connectivity index (χ0n) is 11.1. The molecule has 0 radical (unpaired) electrons. The molecule has 0 spiro atoms. The van der Waals surface area contributed by atoms with Crippen molar-refractivity contribution in [3.05, 3.63) is 41.6 Å². The maximum Gasteiger partial charge on any atom is 0.182 e. The number of aromatic nitrogens is 1. The number of carbonyl (C=O) groups excluding carboxylic acids is 1. The Balaban J connectivity index is 2.01. The van der Waals surface area contributed by atoms with E-state index in [-0.39, 0.29) is 5.78 Å². The summed E-state index contributed by atoms with van der Waals surface area (Å²) in [5.41, 5.74) is 8.21. The van der Waals surface area contributed by atoms with Gasteiger partial charge in [0.1, 0.15) is 0 Å². The standard InChI is InChI=1S/C16H18N2O/c1-11-4-5-12-10-13(6-7-14(12)18-11)15(19)16(17)8-2-3-9-16/h4-7,10H,2-3,8-9,17H2,1H3. The van der Waals surface area contributed by atoms with Crippen LogP contribution in [0.2, 0.25) is 0 Å². The second-order valence-electron chi connectivity index (χ2n) is 5.55. The molecule has 2 N–H and O–H groups in total. The van der Waals surface area contributed by atoms with Crippen LogP contribution in [0.1, 0.15) is 41.7 Å². The number of hydrogen-bond donors (Lipinski definition) is 1. The fourth-order valence-electron chi connectivity index (χ4n) is 2.89. The zero-order valence-corrected chi connectivity index (χ0v) is 11.1. The Morgan fingerprint density at radius 2 is 1.95 bits per heavy atom. The van der Waals surface area contributed by atoms with Crippen LogP contribution in [-0.2, 0) is 0 Å². The molecule has 1 heterocycles. The molecule has 98 valence electrons. The van der Waals surface area contributed by atoms with Crippen molar-refractivity contribution in [2.24, 2.45) is 5.73 Å². The van der Waals surface area contributed by atoms with Gasteiger partial charge in [-0.3, -0.25) is 9.78 Å². The minimum atomic E-state index is -0.647. The maximum atomic E-state index is 12.5. The van der Waals surface area contributed by atoms with Crippen molar-refractivity contribution in [2.45, 2.75) is 38.1 Å². The number of nitrogens with two attached hydrogens (primary N) is 1. The number of Topliss-reactive ketones (excluding diaryl/α,β-unsaturated/α-hetero) is 1. The first kappa shape index (κ1) is 12.3. The smallest absolute Gasteiger partial charge is 0.182 e. The van der Waals surface area contributed by atoms with Gasteiger partial charge >= 0.3 is 0 Å². The van der Waals surface area contributed by atoms with E-state index in [1.165, 1.54) is 0 Å². The third-order valence-electron chi connectivity index (χ3n) is 4.04. The van der Waals surface area contributed by atoms with E-state index in [0.29, 0.717) is 5.56 Å². The second kappa shape index (κ2) is 4.42. The molecule has 1 saturated carbocycles. The van der Waals surface area contributed by atoms with Crippen LogP contribution in [0.15, 0.2) is 30.3 Å². The third-order valence-corrected chi connectivity index (χ3v) is 4.04. The van der Waals surface area contributed by atoms with Gasteiger partial charge < -0.3 is 5.73 Å². The molecule has 0 bridgehead atoms. The van der Waals surface area contributed by atoms with E-state index in [9.17, 15) is 4.79 Å². The Bertz CT molecular complexity index is 642. The first-order valence-electron chi connectivity index (χ1n) is 6.80. The van der Waals surface area contributed by atoms with Gasteiger partial charge in [0.25, 0.3) is 0 Å². The van der Waals surface area contributed by atoms with E-state index in [4.69, 9.17) is 5.73 Å². The van der Waals surface area contributed by atoms with Gasteiger partial charge in [0.05, 0.1) is 11.1 Å². The fourth-order valence-corrected chi connectivity index (χ4v) is 2.89. The molecule has 3 heteroatoms. The SMILES string of the molecule is Cc1ccc2cc(C(=O)C3(N)CCCC3)ccc2n1. The Morgan fingerprint density at radius 1 is 1.21 bits per heavy atom. The summed E-state index contributed by atoms with van der Waals surface area (Å²) in [7, 11) is 0. The normalized spacial score (nSPS) is 17.8. The van der Waals surface area contributed by atoms with Crippen LogP contribution >= 0.6 is 0 Å². The largest absolute Gasteiger partial charge is 0.319 e. The minimum absolute atomic E-state index is 0.0764. The number of nitrogens with zero attached hydrogens (tertiary/aromatic N) is 1. The number of rotatable bonds is 2. The van der Waals surface area contributed by atoms with Gasteiger partial charge in [-0.1, -0.05) is 18.9 Å². The monoisotopic (exact) mass is 254 g/mol. The highest BCUT2D eigenvalue weighted by Crippen LogP contribution is 2.31. The van der Waals surface area contributed by atoms with Crippen LogP contribution < -0.4 is 5.73 Å². The van der Waals surface area contributed by atoms with Crippen LogP contribution in [0.4, 0.5) is 0 Å². The van der Waals surface area contributed by atoms with Gasteiger partial charge in [0.15, 0.2) is 5.78 Å². The van der Waals surface area contributed by atoms with Crippen molar-refractivity contribution in [3.63, 3.8) is 0 Å². The van der Waals surface area contributed by atoms with Crippen LogP contribution in [-0.4, -0.2) is 16.3 Å². The molecule has 1 aliphatic rings. The van der Waals surface area contributed by atoms with E-state index >= 15 is 0 Å². The molecule has 3 rings (SSSR count). The molecular formula is C16H18N2O. The predicted molar refractivity (Wildman–Crippen MR) is 76.2 cm³/mol. The first-order valence-corrected chi connectivity index (χ1v) is 6.80. The number of fused-ring (bicyclic) bond motifs is 1. The second-order valence-corrected chi connectivity index (χ2v) is 5.55. The van der Waals surface area contributed by atoms with Crippen molar-refractivity contribution < 1.29 is 4.79 Å². The van der Waals surface area contributed by atoms with Crippen molar-refractivity contribution in [1.82, 2.24) is 4.98 Å². The van der Waals surface area contributed by atoms with Crippen LogP contribution in [0, 0.1) is 6.92 Å². The molecule has 3 nitrogen and oxygen atoms in total. The van der Waals surface area contributed by atoms with Crippen LogP contribution in [0.3, 0.4) is 0 Å². The number of hydrogen-bond acceptors (Lipinski definition) is 3. The lowest BCUT2D eigenvalue weighted by atomic mass is 9.88. The van der Waals surface area contributed by atoms with Crippen LogP contribution in [0.5, 0.6) is 0 Å². The van der Waals surface area contributed by atoms with Gasteiger partial charge in [-0.05, 0) is 44.0 Å². The van der Waals surface area contributed by atoms with E-state index in [1.54, 1.807) is 0 Å². The summed E-state index contributed by atoms with van der Waals surface area (Å²) >= 11 is 0. The summed E-state index contributed by atoms with van der Waals surface area (Å²) in [5.74, 6) is 0.0764. The molecule has 19 heavy (non-hydrogen) atoms. The molecule has 0 atom stereocenters. The maximum absolute atomic E-state index is 12.5. The quantitative estimate of drug-likeness (QED) is 0.838. The third kappa shape index (κ3) is 2.15. The summed E-state index contributed by atoms with van der Waals surface area (Å²) < 4.78 is 0. The summed E-state index contributed by atoms with van der Waals surface area (Å²) in [4.78, 5) is 17.0. The van der Waals surface area contributed by atoms with E-state index in [0.717, 1.165) is 42.3 Å². The summed E-state index contributed by atoms with van der Waals surface area (Å²) in [5, 5.41) is 0.998. The molecule has 1 aromatic heterocycles. The minimum Gasteiger partial charge on any atom is -0.319 e.